The van der Waals surface area contributed by atoms with Crippen LogP contribution in [0.2, 0.25) is 0 Å². The standard InChI is InChI=1S/C29H20Cl2O10P2/c30-29(31,42(36,38-25(32)21-13-5-1-6-14-21)39-26(33)22-15-7-2-8-16-22)43(37,40-27(34)23-17-9-3-10-18-23)41-28(35)24-19-11-4-12-20-24/h1-20H. The maximum absolute atomic E-state index is 14.4. The average molecular weight is 661 g/mol. The van der Waals surface area contributed by atoms with Gasteiger partial charge in [-0.3, -0.25) is 0 Å². The largest absolute Gasteiger partial charge is 0.486 e. The lowest BCUT2D eigenvalue weighted by Crippen LogP contribution is -2.27. The maximum atomic E-state index is 14.4. The van der Waals surface area contributed by atoms with E-state index in [4.69, 9.17) is 41.3 Å². The van der Waals surface area contributed by atoms with E-state index in [2.05, 4.69) is 0 Å². The van der Waals surface area contributed by atoms with Gasteiger partial charge in [0, 0.05) is 0 Å². The topological polar surface area (TPSA) is 139 Å². The van der Waals surface area contributed by atoms with E-state index in [-0.39, 0.29) is 22.3 Å². The molecule has 43 heavy (non-hydrogen) atoms. The molecule has 0 atom stereocenters. The molecule has 0 aliphatic rings. The van der Waals surface area contributed by atoms with Crippen molar-refractivity contribution in [2.24, 2.45) is 0 Å². The maximum Gasteiger partial charge on any atom is 0.486 e. The second kappa shape index (κ2) is 13.4. The Labute approximate surface area is 255 Å². The minimum Gasteiger partial charge on any atom is -0.377 e. The number of alkyl halides is 2. The quantitative estimate of drug-likeness (QED) is 0.122. The van der Waals surface area contributed by atoms with Gasteiger partial charge in [-0.2, -0.15) is 0 Å². The first-order valence-electron chi connectivity index (χ1n) is 12.2. The molecule has 0 unspecified atom stereocenters. The molecule has 10 nitrogen and oxygen atoms in total. The molecule has 0 heterocycles. The lowest BCUT2D eigenvalue weighted by atomic mass is 10.2. The molecule has 0 radical (unpaired) electrons. The van der Waals surface area contributed by atoms with Gasteiger partial charge in [0.2, 0.25) is 0 Å². The van der Waals surface area contributed by atoms with E-state index in [1.54, 1.807) is 24.3 Å². The van der Waals surface area contributed by atoms with Gasteiger partial charge in [-0.05, 0) is 48.5 Å². The Morgan fingerprint density at radius 1 is 0.419 bits per heavy atom. The zero-order chi connectivity index (χ0) is 31.1. The van der Waals surface area contributed by atoms with E-state index >= 15 is 0 Å². The Kier molecular flexibility index (Phi) is 9.89. The van der Waals surface area contributed by atoms with E-state index in [1.807, 2.05) is 0 Å². The smallest absolute Gasteiger partial charge is 0.377 e. The molecule has 0 N–H and O–H groups in total. The molecule has 0 aliphatic carbocycles. The van der Waals surface area contributed by atoms with Crippen LogP contribution in [0.3, 0.4) is 0 Å². The van der Waals surface area contributed by atoms with Crippen molar-refractivity contribution in [2.75, 3.05) is 0 Å². The highest BCUT2D eigenvalue weighted by atomic mass is 35.5. The number of hydrogen-bond donors (Lipinski definition) is 0. The molecule has 0 fully saturated rings. The summed E-state index contributed by atoms with van der Waals surface area (Å²) < 4.78 is 45.3. The summed E-state index contributed by atoms with van der Waals surface area (Å²) in [7, 11) is -11.5. The first-order valence-corrected chi connectivity index (χ1v) is 16.0. The lowest BCUT2D eigenvalue weighted by molar-refractivity contribution is 0.0625. The first-order chi connectivity index (χ1) is 20.5. The van der Waals surface area contributed by atoms with Gasteiger partial charge >= 0.3 is 42.9 Å². The number of carbonyl (C=O) groups excluding carboxylic acids is 4. The van der Waals surface area contributed by atoms with Crippen molar-refractivity contribution in [3.8, 4) is 0 Å². The van der Waals surface area contributed by atoms with Gasteiger partial charge in [0.05, 0.1) is 22.3 Å². The van der Waals surface area contributed by atoms with Crippen LogP contribution in [0.25, 0.3) is 0 Å². The van der Waals surface area contributed by atoms with Crippen molar-refractivity contribution in [2.45, 2.75) is 3.82 Å². The van der Waals surface area contributed by atoms with Crippen LogP contribution >= 0.6 is 38.4 Å². The number of hydrogen-bond acceptors (Lipinski definition) is 10. The summed E-state index contributed by atoms with van der Waals surface area (Å²) in [5.41, 5.74) is -0.778. The summed E-state index contributed by atoms with van der Waals surface area (Å²) in [5, 5.41) is 0. The van der Waals surface area contributed by atoms with Crippen molar-refractivity contribution >= 4 is 62.3 Å². The summed E-state index contributed by atoms with van der Waals surface area (Å²) in [5.74, 6) is -5.48. The monoisotopic (exact) mass is 660 g/mol. The Balaban J connectivity index is 1.82. The van der Waals surface area contributed by atoms with Gasteiger partial charge in [-0.1, -0.05) is 96.0 Å². The molecule has 4 rings (SSSR count). The third kappa shape index (κ3) is 7.24. The van der Waals surface area contributed by atoms with Gasteiger partial charge in [0.15, 0.2) is 0 Å². The Morgan fingerprint density at radius 2 is 0.605 bits per heavy atom. The normalized spacial score (nSPS) is 11.6. The van der Waals surface area contributed by atoms with Crippen LogP contribution in [-0.4, -0.2) is 27.7 Å². The summed E-state index contributed by atoms with van der Waals surface area (Å²) >= 11 is 12.8. The third-order valence-corrected chi connectivity index (χ3v) is 12.4. The van der Waals surface area contributed by atoms with Crippen molar-refractivity contribution in [3.63, 3.8) is 0 Å². The number of halogens is 2. The summed E-state index contributed by atoms with van der Waals surface area (Å²) in [4.78, 5) is 52.1. The number of benzene rings is 4. The van der Waals surface area contributed by atoms with Crippen LogP contribution in [-0.2, 0) is 27.2 Å². The third-order valence-electron chi connectivity index (χ3n) is 5.51. The van der Waals surface area contributed by atoms with Crippen LogP contribution in [0.5, 0.6) is 0 Å². The predicted octanol–water partition coefficient (Wildman–Crippen LogP) is 7.89. The first kappa shape index (κ1) is 31.7. The molecule has 0 aliphatic heterocycles. The molecule has 4 aromatic rings. The van der Waals surface area contributed by atoms with Crippen LogP contribution in [0.4, 0.5) is 0 Å². The highest BCUT2D eigenvalue weighted by Crippen LogP contribution is 2.82. The molecule has 0 amide bonds. The summed E-state index contributed by atoms with van der Waals surface area (Å²) in [6.07, 6.45) is 0. The van der Waals surface area contributed by atoms with Gasteiger partial charge in [0.25, 0.3) is 0 Å². The van der Waals surface area contributed by atoms with Crippen molar-refractivity contribution in [1.29, 1.82) is 0 Å². The van der Waals surface area contributed by atoms with E-state index < -0.39 is 42.9 Å². The molecule has 220 valence electrons. The van der Waals surface area contributed by atoms with Gasteiger partial charge in [-0.25, -0.2) is 28.3 Å². The molecule has 0 spiro atoms. The molecule has 0 aromatic heterocycles. The Morgan fingerprint density at radius 3 is 0.791 bits per heavy atom. The SMILES string of the molecule is O=C(OP(=O)(OC(=O)c1ccccc1)C(Cl)(Cl)P(=O)(OC(=O)c1ccccc1)OC(=O)c1ccccc1)c1ccccc1. The van der Waals surface area contributed by atoms with Crippen LogP contribution in [0.15, 0.2) is 121 Å². The molecule has 0 saturated heterocycles. The summed E-state index contributed by atoms with van der Waals surface area (Å²) in [6.45, 7) is 0. The highest BCUT2D eigenvalue weighted by Gasteiger charge is 2.71. The fraction of sp³-hybridized carbons (Fsp3) is 0.0345. The second-order valence-corrected chi connectivity index (χ2v) is 15.3. The van der Waals surface area contributed by atoms with Crippen LogP contribution < -0.4 is 0 Å². The Bertz CT molecular complexity index is 1480. The fourth-order valence-electron chi connectivity index (χ4n) is 3.35. The zero-order valence-electron chi connectivity index (χ0n) is 21.8. The number of carbonyl (C=O) groups is 4. The van der Waals surface area contributed by atoms with E-state index in [9.17, 15) is 28.3 Å². The average Bonchev–Trinajstić information content (AvgIpc) is 3.02. The Hall–Kier alpha value is -4.20. The molecule has 0 bridgehead atoms. The van der Waals surface area contributed by atoms with Crippen molar-refractivity contribution < 1.29 is 46.4 Å². The number of rotatable bonds is 10. The van der Waals surface area contributed by atoms with E-state index in [0.29, 0.717) is 0 Å². The van der Waals surface area contributed by atoms with Gasteiger partial charge in [0.1, 0.15) is 0 Å². The van der Waals surface area contributed by atoms with Gasteiger partial charge < -0.3 is 18.1 Å². The van der Waals surface area contributed by atoms with Crippen molar-refractivity contribution in [3.05, 3.63) is 144 Å². The van der Waals surface area contributed by atoms with Crippen molar-refractivity contribution in [1.82, 2.24) is 0 Å². The minimum atomic E-state index is -5.77. The molecular weight excluding hydrogens is 641 g/mol. The molecule has 0 saturated carbocycles. The van der Waals surface area contributed by atoms with E-state index in [0.717, 1.165) is 0 Å². The summed E-state index contributed by atoms with van der Waals surface area (Å²) in [6, 6.07) is 27.9. The fourth-order valence-corrected chi connectivity index (χ4v) is 7.68. The van der Waals surface area contributed by atoms with Crippen LogP contribution in [0, 0.1) is 0 Å². The van der Waals surface area contributed by atoms with Crippen LogP contribution in [0.1, 0.15) is 41.4 Å². The highest BCUT2D eigenvalue weighted by molar-refractivity contribution is 7.81. The lowest BCUT2D eigenvalue weighted by Gasteiger charge is -2.31. The molecule has 4 aromatic carbocycles. The second-order valence-electron chi connectivity index (χ2n) is 8.48. The molecular formula is C29H20Cl2O10P2. The zero-order valence-corrected chi connectivity index (χ0v) is 25.1. The minimum absolute atomic E-state index is 0.194. The van der Waals surface area contributed by atoms with E-state index in [1.165, 1.54) is 97.1 Å². The van der Waals surface area contributed by atoms with Gasteiger partial charge in [-0.15, -0.1) is 0 Å². The predicted molar refractivity (Wildman–Crippen MR) is 157 cm³/mol. The molecule has 14 heteroatoms.